The second-order valence-electron chi connectivity index (χ2n) is 4.55. The quantitative estimate of drug-likeness (QED) is 0.578. The molecule has 22 heavy (non-hydrogen) atoms. The van der Waals surface area contributed by atoms with Gasteiger partial charge in [-0.2, -0.15) is 0 Å². The van der Waals surface area contributed by atoms with Crippen LogP contribution in [0, 0.1) is 0 Å². The van der Waals surface area contributed by atoms with Crippen molar-refractivity contribution >= 4 is 5.78 Å². The normalized spacial score (nSPS) is 9.91. The molecule has 4 nitrogen and oxygen atoms in total. The summed E-state index contributed by atoms with van der Waals surface area (Å²) in [7, 11) is 3.04. The zero-order chi connectivity index (χ0) is 15.9. The number of carbonyl (C=O) groups excluding carboxylic acids is 1. The van der Waals surface area contributed by atoms with Crippen LogP contribution < -0.4 is 14.2 Å². The van der Waals surface area contributed by atoms with Crippen molar-refractivity contribution < 1.29 is 19.0 Å². The molecule has 0 heterocycles. The first-order valence-electron chi connectivity index (χ1n) is 6.79. The van der Waals surface area contributed by atoms with Gasteiger partial charge in [-0.05, 0) is 23.8 Å². The number of ether oxygens (including phenoxy) is 3. The van der Waals surface area contributed by atoms with E-state index in [0.29, 0.717) is 29.4 Å². The standard InChI is InChI=1S/C18H18O4/c1-4-15(19)14-10-16(20-2)18(17(11-14)21-3)22-12-13-8-6-5-7-9-13/h4-11H,1,12H2,2-3H3. The van der Waals surface area contributed by atoms with Gasteiger partial charge in [0.15, 0.2) is 17.3 Å². The molecule has 2 rings (SSSR count). The smallest absolute Gasteiger partial charge is 0.203 e. The van der Waals surface area contributed by atoms with E-state index in [0.717, 1.165) is 5.56 Å². The lowest BCUT2D eigenvalue weighted by atomic mass is 10.1. The Morgan fingerprint density at radius 1 is 1.09 bits per heavy atom. The average Bonchev–Trinajstić information content (AvgIpc) is 2.59. The fourth-order valence-electron chi connectivity index (χ4n) is 2.01. The van der Waals surface area contributed by atoms with E-state index < -0.39 is 0 Å². The van der Waals surface area contributed by atoms with Crippen LogP contribution in [-0.4, -0.2) is 20.0 Å². The predicted molar refractivity (Wildman–Crippen MR) is 84.8 cm³/mol. The molecular formula is C18H18O4. The molecule has 0 N–H and O–H groups in total. The van der Waals surface area contributed by atoms with Gasteiger partial charge in [-0.25, -0.2) is 0 Å². The number of hydrogen-bond donors (Lipinski definition) is 0. The number of ketones is 1. The van der Waals surface area contributed by atoms with Crippen LogP contribution in [0.1, 0.15) is 15.9 Å². The number of allylic oxidation sites excluding steroid dienone is 1. The van der Waals surface area contributed by atoms with Crippen molar-refractivity contribution in [1.29, 1.82) is 0 Å². The highest BCUT2D eigenvalue weighted by Gasteiger charge is 2.16. The van der Waals surface area contributed by atoms with Gasteiger partial charge in [0.25, 0.3) is 0 Å². The van der Waals surface area contributed by atoms with Crippen molar-refractivity contribution in [3.8, 4) is 17.2 Å². The van der Waals surface area contributed by atoms with E-state index in [2.05, 4.69) is 6.58 Å². The van der Waals surface area contributed by atoms with Crippen LogP contribution in [0.4, 0.5) is 0 Å². The zero-order valence-corrected chi connectivity index (χ0v) is 12.7. The highest BCUT2D eigenvalue weighted by molar-refractivity contribution is 6.05. The number of rotatable bonds is 7. The summed E-state index contributed by atoms with van der Waals surface area (Å²) >= 11 is 0. The Kier molecular flexibility index (Phi) is 5.20. The molecule has 0 bridgehead atoms. The topological polar surface area (TPSA) is 44.8 Å². The number of benzene rings is 2. The fourth-order valence-corrected chi connectivity index (χ4v) is 2.01. The first-order chi connectivity index (χ1) is 10.7. The molecule has 0 spiro atoms. The first kappa shape index (κ1) is 15.6. The van der Waals surface area contributed by atoms with Gasteiger partial charge in [0.05, 0.1) is 14.2 Å². The monoisotopic (exact) mass is 298 g/mol. The molecule has 0 amide bonds. The van der Waals surface area contributed by atoms with E-state index in [1.165, 1.54) is 20.3 Å². The van der Waals surface area contributed by atoms with Crippen molar-refractivity contribution in [2.24, 2.45) is 0 Å². The van der Waals surface area contributed by atoms with Crippen molar-refractivity contribution in [3.63, 3.8) is 0 Å². The van der Waals surface area contributed by atoms with E-state index in [1.807, 2.05) is 30.3 Å². The third-order valence-electron chi connectivity index (χ3n) is 3.16. The van der Waals surface area contributed by atoms with Crippen molar-refractivity contribution in [2.45, 2.75) is 6.61 Å². The van der Waals surface area contributed by atoms with Crippen LogP contribution >= 0.6 is 0 Å². The highest BCUT2D eigenvalue weighted by atomic mass is 16.5. The molecule has 0 atom stereocenters. The molecule has 2 aromatic rings. The van der Waals surface area contributed by atoms with Gasteiger partial charge >= 0.3 is 0 Å². The molecule has 0 aliphatic heterocycles. The minimum Gasteiger partial charge on any atom is -0.493 e. The maximum Gasteiger partial charge on any atom is 0.203 e. The SMILES string of the molecule is C=CC(=O)c1cc(OC)c(OCc2ccccc2)c(OC)c1. The number of carbonyl (C=O) groups is 1. The Morgan fingerprint density at radius 2 is 1.68 bits per heavy atom. The van der Waals surface area contributed by atoms with Gasteiger partial charge in [0.1, 0.15) is 6.61 Å². The Morgan fingerprint density at radius 3 is 2.18 bits per heavy atom. The summed E-state index contributed by atoms with van der Waals surface area (Å²) in [6, 6.07) is 13.0. The molecule has 0 aliphatic rings. The Balaban J connectivity index is 2.32. The molecule has 0 radical (unpaired) electrons. The van der Waals surface area contributed by atoms with E-state index >= 15 is 0 Å². The minimum absolute atomic E-state index is 0.203. The van der Waals surface area contributed by atoms with Crippen molar-refractivity contribution in [2.75, 3.05) is 14.2 Å². The lowest BCUT2D eigenvalue weighted by Crippen LogP contribution is -2.03. The summed E-state index contributed by atoms with van der Waals surface area (Å²) in [6.07, 6.45) is 1.25. The summed E-state index contributed by atoms with van der Waals surface area (Å²) in [5, 5.41) is 0. The fraction of sp³-hybridized carbons (Fsp3) is 0.167. The molecule has 114 valence electrons. The second kappa shape index (κ2) is 7.31. The zero-order valence-electron chi connectivity index (χ0n) is 12.7. The molecule has 0 saturated carbocycles. The molecule has 0 aromatic heterocycles. The lowest BCUT2D eigenvalue weighted by Gasteiger charge is -2.15. The summed E-state index contributed by atoms with van der Waals surface area (Å²) in [5.41, 5.74) is 1.47. The van der Waals surface area contributed by atoms with Gasteiger partial charge in [-0.3, -0.25) is 4.79 Å². The van der Waals surface area contributed by atoms with Crippen LogP contribution in [0.25, 0.3) is 0 Å². The summed E-state index contributed by atoms with van der Waals surface area (Å²) in [5.74, 6) is 1.15. The molecule has 0 aliphatic carbocycles. The Hall–Kier alpha value is -2.75. The van der Waals surface area contributed by atoms with E-state index in [1.54, 1.807) is 12.1 Å². The van der Waals surface area contributed by atoms with Gasteiger partial charge in [0, 0.05) is 5.56 Å². The van der Waals surface area contributed by atoms with Crippen molar-refractivity contribution in [3.05, 3.63) is 66.2 Å². The maximum absolute atomic E-state index is 11.8. The summed E-state index contributed by atoms with van der Waals surface area (Å²) in [4.78, 5) is 11.8. The van der Waals surface area contributed by atoms with Crippen LogP contribution in [-0.2, 0) is 6.61 Å². The average molecular weight is 298 g/mol. The minimum atomic E-state index is -0.203. The van der Waals surface area contributed by atoms with Gasteiger partial charge < -0.3 is 14.2 Å². The Labute approximate surface area is 129 Å². The van der Waals surface area contributed by atoms with Crippen molar-refractivity contribution in [1.82, 2.24) is 0 Å². The van der Waals surface area contributed by atoms with Gasteiger partial charge in [-0.15, -0.1) is 0 Å². The molecular weight excluding hydrogens is 280 g/mol. The van der Waals surface area contributed by atoms with Gasteiger partial charge in [-0.1, -0.05) is 36.9 Å². The second-order valence-corrected chi connectivity index (χ2v) is 4.55. The summed E-state index contributed by atoms with van der Waals surface area (Å²) < 4.78 is 16.5. The Bertz CT molecular complexity index is 637. The predicted octanol–water partition coefficient (Wildman–Crippen LogP) is 3.65. The van der Waals surface area contributed by atoms with Crippen LogP contribution in [0.15, 0.2) is 55.1 Å². The van der Waals surface area contributed by atoms with Crippen LogP contribution in [0.2, 0.25) is 0 Å². The lowest BCUT2D eigenvalue weighted by molar-refractivity contribution is 0.104. The van der Waals surface area contributed by atoms with Crippen LogP contribution in [0.3, 0.4) is 0 Å². The van der Waals surface area contributed by atoms with E-state index in [-0.39, 0.29) is 5.78 Å². The number of hydrogen-bond acceptors (Lipinski definition) is 4. The van der Waals surface area contributed by atoms with Crippen LogP contribution in [0.5, 0.6) is 17.2 Å². The summed E-state index contributed by atoms with van der Waals surface area (Å²) in [6.45, 7) is 3.86. The third-order valence-corrected chi connectivity index (χ3v) is 3.16. The van der Waals surface area contributed by atoms with Gasteiger partial charge in [0.2, 0.25) is 5.75 Å². The molecule has 0 saturated heterocycles. The molecule has 4 heteroatoms. The molecule has 0 fully saturated rings. The maximum atomic E-state index is 11.8. The first-order valence-corrected chi connectivity index (χ1v) is 6.79. The van der Waals surface area contributed by atoms with E-state index in [9.17, 15) is 4.79 Å². The van der Waals surface area contributed by atoms with E-state index in [4.69, 9.17) is 14.2 Å². The highest BCUT2D eigenvalue weighted by Crippen LogP contribution is 2.39. The largest absolute Gasteiger partial charge is 0.493 e. The number of methoxy groups -OCH3 is 2. The molecule has 0 unspecified atom stereocenters. The third kappa shape index (κ3) is 3.47. The molecule has 2 aromatic carbocycles.